The van der Waals surface area contributed by atoms with Gasteiger partial charge < -0.3 is 41.8 Å². The van der Waals surface area contributed by atoms with Gasteiger partial charge in [0, 0.05) is 18.1 Å². The lowest BCUT2D eigenvalue weighted by molar-refractivity contribution is -0.772. The summed E-state index contributed by atoms with van der Waals surface area (Å²) in [4.78, 5) is 46.8. The van der Waals surface area contributed by atoms with Gasteiger partial charge in [-0.3, -0.25) is 9.59 Å². The van der Waals surface area contributed by atoms with E-state index in [9.17, 15) is 32.5 Å². The second-order valence-corrected chi connectivity index (χ2v) is 13.5. The number of carboxylic acid groups (broad SMARTS) is 1. The lowest BCUT2D eigenvalue weighted by Gasteiger charge is -2.51. The van der Waals surface area contributed by atoms with Gasteiger partial charge in [0.15, 0.2) is 23.2 Å². The molecule has 1 fully saturated rings. The number of nitrogens with zero attached hydrogens (tertiary/aromatic N) is 5. The topological polar surface area (TPSA) is 284 Å². The SMILES string of the molecule is Cn1c(N)c(-c2ccc(OCC(O/N=C(\C(=O)N[C@@H]3C(=O)N(OS(=O)(=O)[O-])C3(C)C)c3nc(N)sc3Cl)C(=O)O)cc2F)c[n+]1CCCN. The first-order valence-electron chi connectivity index (χ1n) is 14.0. The lowest BCUT2D eigenvalue weighted by atomic mass is 9.84. The Kier molecular flexibility index (Phi) is 11.0. The van der Waals surface area contributed by atoms with Gasteiger partial charge in [-0.1, -0.05) is 28.1 Å². The summed E-state index contributed by atoms with van der Waals surface area (Å²) in [7, 11) is -3.60. The maximum Gasteiger partial charge on any atom is 0.351 e. The van der Waals surface area contributed by atoms with Crippen LogP contribution in [-0.4, -0.2) is 87.1 Å². The van der Waals surface area contributed by atoms with E-state index in [4.69, 9.17) is 38.4 Å². The molecule has 0 spiro atoms. The number of aryl methyl sites for hydroxylation is 1. The Balaban J connectivity index is 1.51. The minimum atomic E-state index is -5.32. The molecule has 1 aromatic carbocycles. The number of aromatic nitrogens is 3. The maximum atomic E-state index is 15.2. The molecule has 266 valence electrons. The predicted molar refractivity (Wildman–Crippen MR) is 169 cm³/mol. The average Bonchev–Trinajstić information content (AvgIpc) is 3.50. The van der Waals surface area contributed by atoms with E-state index in [2.05, 4.69) is 19.7 Å². The average molecular weight is 748 g/mol. The van der Waals surface area contributed by atoms with Crippen LogP contribution in [0.4, 0.5) is 15.3 Å². The number of hydrogen-bond donors (Lipinski definition) is 5. The molecule has 2 amide bonds. The van der Waals surface area contributed by atoms with E-state index in [0.717, 1.165) is 17.4 Å². The van der Waals surface area contributed by atoms with Crippen LogP contribution in [0.15, 0.2) is 29.6 Å². The number of anilines is 2. The molecule has 0 radical (unpaired) electrons. The quantitative estimate of drug-likeness (QED) is 0.0327. The van der Waals surface area contributed by atoms with Crippen LogP contribution in [0.1, 0.15) is 26.0 Å². The Labute approximate surface area is 286 Å². The molecule has 0 aliphatic carbocycles. The van der Waals surface area contributed by atoms with Gasteiger partial charge >= 0.3 is 5.97 Å². The van der Waals surface area contributed by atoms with Crippen LogP contribution in [0.2, 0.25) is 4.34 Å². The minimum absolute atomic E-state index is 0.0727. The van der Waals surface area contributed by atoms with Crippen molar-refractivity contribution >= 4 is 67.8 Å². The van der Waals surface area contributed by atoms with E-state index in [-0.39, 0.29) is 31.5 Å². The summed E-state index contributed by atoms with van der Waals surface area (Å²) >= 11 is 6.90. The Morgan fingerprint density at radius 2 is 2.02 bits per heavy atom. The molecule has 1 saturated heterocycles. The minimum Gasteiger partial charge on any atom is -0.724 e. The summed E-state index contributed by atoms with van der Waals surface area (Å²) in [5, 5.41) is 15.8. The van der Waals surface area contributed by atoms with Crippen molar-refractivity contribution in [1.29, 1.82) is 0 Å². The molecule has 49 heavy (non-hydrogen) atoms. The van der Waals surface area contributed by atoms with Crippen molar-refractivity contribution in [2.24, 2.45) is 17.9 Å². The second kappa shape index (κ2) is 14.5. The molecule has 23 heteroatoms. The molecule has 4 rings (SSSR count). The van der Waals surface area contributed by atoms with E-state index in [1.807, 2.05) is 0 Å². The zero-order valence-corrected chi connectivity index (χ0v) is 28.3. The van der Waals surface area contributed by atoms with Crippen molar-refractivity contribution in [1.82, 2.24) is 20.0 Å². The number of oxime groups is 1. The number of thiazole rings is 1. The van der Waals surface area contributed by atoms with E-state index in [1.165, 1.54) is 26.0 Å². The number of rotatable bonds is 15. The highest BCUT2D eigenvalue weighted by Crippen LogP contribution is 2.34. The number of ether oxygens (including phenoxy) is 1. The number of benzene rings is 1. The number of aliphatic carboxylic acids is 1. The molecule has 0 bridgehead atoms. The third-order valence-corrected chi connectivity index (χ3v) is 8.63. The molecule has 2 atom stereocenters. The number of nitrogens with two attached hydrogens (primary N) is 3. The number of carbonyl (C=O) groups excluding carboxylic acids is 2. The summed E-state index contributed by atoms with van der Waals surface area (Å²) in [6.07, 6.45) is 0.475. The highest BCUT2D eigenvalue weighted by Gasteiger charge is 2.57. The van der Waals surface area contributed by atoms with Crippen LogP contribution in [0.25, 0.3) is 11.1 Å². The summed E-state index contributed by atoms with van der Waals surface area (Å²) in [5.74, 6) is -4.35. The van der Waals surface area contributed by atoms with Crippen molar-refractivity contribution in [2.75, 3.05) is 24.6 Å². The zero-order chi connectivity index (χ0) is 36.4. The third-order valence-electron chi connectivity index (χ3n) is 7.22. The van der Waals surface area contributed by atoms with Gasteiger partial charge in [-0.05, 0) is 32.5 Å². The number of nitrogens with one attached hydrogen (secondary N) is 1. The number of carboxylic acids is 1. The summed E-state index contributed by atoms with van der Waals surface area (Å²) in [6.45, 7) is 2.86. The van der Waals surface area contributed by atoms with Crippen LogP contribution in [0.3, 0.4) is 0 Å². The van der Waals surface area contributed by atoms with Gasteiger partial charge in [0.25, 0.3) is 17.9 Å². The van der Waals surface area contributed by atoms with Crippen molar-refractivity contribution in [3.05, 3.63) is 40.2 Å². The fourth-order valence-electron chi connectivity index (χ4n) is 4.60. The van der Waals surface area contributed by atoms with Crippen molar-refractivity contribution in [3.63, 3.8) is 0 Å². The fraction of sp³-hybridized carbons (Fsp3) is 0.385. The largest absolute Gasteiger partial charge is 0.724 e. The predicted octanol–water partition coefficient (Wildman–Crippen LogP) is -0.508. The molecule has 1 aliphatic rings. The van der Waals surface area contributed by atoms with Crippen LogP contribution in [-0.2, 0) is 47.5 Å². The first kappa shape index (κ1) is 37.2. The maximum absolute atomic E-state index is 15.2. The van der Waals surface area contributed by atoms with E-state index in [1.54, 1.807) is 22.6 Å². The number of hydrogen-bond acceptors (Lipinski definition) is 15. The number of hydroxylamine groups is 2. The van der Waals surface area contributed by atoms with E-state index < -0.39 is 64.0 Å². The summed E-state index contributed by atoms with van der Waals surface area (Å²) < 4.78 is 61.1. The fourth-order valence-corrected chi connectivity index (χ4v) is 5.98. The molecule has 3 heterocycles. The van der Waals surface area contributed by atoms with Gasteiger partial charge in [0.2, 0.25) is 16.6 Å². The van der Waals surface area contributed by atoms with E-state index >= 15 is 4.39 Å². The standard InChI is InChI=1S/C26H31ClFN9O10S2/c1-26(2)19(23(39)37(26)47-49(42,43)44)33-22(38)18(17-20(27)48-25(31)32-17)34-46-16(24(40)41)11-45-12-5-6-13(15(28)9-12)14-10-36(8-4-7-29)35(3)21(14)30/h5-6,9-10,16,19,30H,4,7-8,11,29H2,1-3H3,(H5,31,32,33,38,40,41,42,43,44)/b34-18-/t16?,19-/m1/s1. The van der Waals surface area contributed by atoms with Crippen molar-refractivity contribution in [2.45, 2.75) is 44.5 Å². The van der Waals surface area contributed by atoms with Crippen molar-refractivity contribution < 1.29 is 55.4 Å². The molecular formula is C26H31ClFN9O10S2. The third kappa shape index (κ3) is 8.17. The van der Waals surface area contributed by atoms with Crippen LogP contribution >= 0.6 is 22.9 Å². The molecule has 1 aliphatic heterocycles. The number of amides is 2. The van der Waals surface area contributed by atoms with Crippen LogP contribution in [0, 0.1) is 5.82 Å². The summed E-state index contributed by atoms with van der Waals surface area (Å²) in [6, 6.07) is 2.36. The molecule has 0 saturated carbocycles. The number of halogens is 2. The number of β-lactam (4-membered cyclic amide) rings is 1. The molecule has 19 nitrogen and oxygen atoms in total. The van der Waals surface area contributed by atoms with Gasteiger partial charge in [0.1, 0.15) is 34.2 Å². The van der Waals surface area contributed by atoms with Crippen LogP contribution in [0.5, 0.6) is 5.75 Å². The van der Waals surface area contributed by atoms with Gasteiger partial charge in [-0.15, -0.1) is 9.36 Å². The number of nitrogen functional groups attached to an aromatic ring is 2. The smallest absolute Gasteiger partial charge is 0.351 e. The van der Waals surface area contributed by atoms with Crippen molar-refractivity contribution in [3.8, 4) is 16.9 Å². The first-order valence-corrected chi connectivity index (χ1v) is 16.5. The Bertz CT molecular complexity index is 1920. The monoisotopic (exact) mass is 747 g/mol. The Hall–Kier alpha value is -4.61. The summed E-state index contributed by atoms with van der Waals surface area (Å²) in [5.41, 5.74) is 15.4. The van der Waals surface area contributed by atoms with Crippen LogP contribution < -0.4 is 31.9 Å². The van der Waals surface area contributed by atoms with Gasteiger partial charge in [0.05, 0.1) is 18.2 Å². The lowest BCUT2D eigenvalue weighted by Crippen LogP contribution is -2.76. The Morgan fingerprint density at radius 1 is 1.33 bits per heavy atom. The number of carbonyl (C=O) groups is 3. The molecular weight excluding hydrogens is 717 g/mol. The molecule has 2 aromatic heterocycles. The molecule has 3 aromatic rings. The first-order chi connectivity index (χ1) is 22.8. The molecule has 1 unspecified atom stereocenters. The highest BCUT2D eigenvalue weighted by molar-refractivity contribution is 7.80. The van der Waals surface area contributed by atoms with Gasteiger partial charge in [-0.2, -0.15) is 9.35 Å². The normalized spacial score (nSPS) is 16.6. The van der Waals surface area contributed by atoms with E-state index in [0.29, 0.717) is 30.9 Å². The molecule has 8 N–H and O–H groups in total. The highest BCUT2D eigenvalue weighted by atomic mass is 35.5. The Morgan fingerprint density at radius 3 is 2.57 bits per heavy atom. The zero-order valence-electron chi connectivity index (χ0n) is 26.0. The second-order valence-electron chi connectivity index (χ2n) is 10.9. The van der Waals surface area contributed by atoms with Gasteiger partial charge in [-0.25, -0.2) is 22.6 Å².